The minimum atomic E-state index is -4.97. The molecule has 70 heavy (non-hydrogen) atoms. The molecule has 0 aromatic carbocycles. The van der Waals surface area contributed by atoms with E-state index < -0.39 is 51.6 Å². The number of piperidine rings is 2. The van der Waals surface area contributed by atoms with Crippen molar-refractivity contribution in [1.29, 1.82) is 0 Å². The number of carbonyl (C=O) groups excluding carboxylic acids is 2. The van der Waals surface area contributed by atoms with Crippen molar-refractivity contribution in [1.82, 2.24) is 49.3 Å². The molecule has 20 nitrogen and oxygen atoms in total. The molecule has 370 valence electrons. The van der Waals surface area contributed by atoms with Gasteiger partial charge in [-0.25, -0.2) is 29.3 Å². The van der Waals surface area contributed by atoms with Gasteiger partial charge in [0.1, 0.15) is 5.82 Å². The van der Waals surface area contributed by atoms with Crippen LogP contribution in [0.25, 0.3) is 33.9 Å². The lowest BCUT2D eigenvalue weighted by Gasteiger charge is -2.42. The highest BCUT2D eigenvalue weighted by Gasteiger charge is 2.61. The first-order chi connectivity index (χ1) is 32.9. The molecule has 6 aromatic rings. The SMILES string of the molecule is CC(=O)N1CCC(C(O)(c2ccc(-n3cc(-c4ccnc(N)c4N)cn3)nc2)C(F)(F)F)CC1.CC(=O)N1CCC(C(O)(c2ccc(-n3cc(-c4ccnc(N)c4[N+](=O)[O-])cn3)nc2)C(F)(F)F)CC1. The highest BCUT2D eigenvalue weighted by Crippen LogP contribution is 2.49. The summed E-state index contributed by atoms with van der Waals surface area (Å²) in [5.41, 5.74) is 11.9. The molecule has 2 saturated heterocycles. The summed E-state index contributed by atoms with van der Waals surface area (Å²) >= 11 is 0. The maximum absolute atomic E-state index is 14.1. The fraction of sp³-hybridized carbons (Fsp3) is 0.364. The molecule has 0 radical (unpaired) electrons. The number of likely N-dealkylation sites (tertiary alicyclic amines) is 2. The minimum Gasteiger partial charge on any atom is -0.395 e. The van der Waals surface area contributed by atoms with Gasteiger partial charge < -0.3 is 37.2 Å². The van der Waals surface area contributed by atoms with Crippen molar-refractivity contribution in [3.63, 3.8) is 0 Å². The van der Waals surface area contributed by atoms with Gasteiger partial charge in [0.05, 0.1) is 28.6 Å². The largest absolute Gasteiger partial charge is 0.421 e. The molecule has 0 saturated carbocycles. The minimum absolute atomic E-state index is 0.0201. The second kappa shape index (κ2) is 19.3. The Morgan fingerprint density at radius 1 is 0.629 bits per heavy atom. The number of rotatable bonds is 9. The van der Waals surface area contributed by atoms with Crippen molar-refractivity contribution in [3.8, 4) is 33.9 Å². The van der Waals surface area contributed by atoms with E-state index in [0.717, 1.165) is 18.5 Å². The van der Waals surface area contributed by atoms with E-state index in [2.05, 4.69) is 30.1 Å². The maximum atomic E-state index is 14.1. The Morgan fingerprint density at radius 2 is 1.03 bits per heavy atom. The van der Waals surface area contributed by atoms with E-state index in [9.17, 15) is 56.3 Å². The van der Waals surface area contributed by atoms with E-state index in [0.29, 0.717) is 16.7 Å². The Labute approximate surface area is 393 Å². The number of amides is 2. The Kier molecular flexibility index (Phi) is 13.9. The number of halogens is 6. The number of alkyl halides is 6. The van der Waals surface area contributed by atoms with Crippen LogP contribution in [0.4, 0.5) is 49.4 Å². The van der Waals surface area contributed by atoms with Gasteiger partial charge in [0, 0.05) is 117 Å². The van der Waals surface area contributed by atoms with Gasteiger partial charge in [0.2, 0.25) is 17.6 Å². The second-order valence-electron chi connectivity index (χ2n) is 16.8. The second-order valence-corrected chi connectivity index (χ2v) is 16.8. The standard InChI is InChI=1S/C22H22F3N7O4.C22H24F3N7O2/c1-13(33)30-8-5-15(6-9-30)21(34,22(23,24)25)16-2-3-18(28-11-16)31-12-14(10-29-31)17-4-7-27-20(26)19(17)32(35)36;1-13(33)31-8-5-15(6-9-31)21(34,22(23,24)25)16-2-3-18(29-11-16)32-12-14(10-30-32)17-4-7-28-20(27)19(17)26/h2-4,7,10-12,15,34H,5-6,8-9H2,1H3,(H2,26,27);2-4,7,10-12,15,34H,5-6,8-9,26H2,1H3,(H2,27,28). The quantitative estimate of drug-likeness (QED) is 0.0695. The van der Waals surface area contributed by atoms with Crippen molar-refractivity contribution in [2.24, 2.45) is 11.8 Å². The monoisotopic (exact) mass is 980 g/mol. The van der Waals surface area contributed by atoms with Crippen LogP contribution in [0.2, 0.25) is 0 Å². The normalized spacial score (nSPS) is 16.7. The molecule has 0 bridgehead atoms. The topological polar surface area (TPSA) is 289 Å². The summed E-state index contributed by atoms with van der Waals surface area (Å²) in [5, 5.41) is 41.5. The fourth-order valence-corrected chi connectivity index (χ4v) is 8.79. The number of anilines is 3. The third-order valence-electron chi connectivity index (χ3n) is 12.7. The Hall–Kier alpha value is -7.74. The molecule has 2 unspecified atom stereocenters. The number of aromatic nitrogens is 8. The van der Waals surface area contributed by atoms with Gasteiger partial charge in [-0.15, -0.1) is 0 Å². The van der Waals surface area contributed by atoms with Crippen molar-refractivity contribution in [2.45, 2.75) is 63.1 Å². The zero-order valence-corrected chi connectivity index (χ0v) is 37.3. The van der Waals surface area contributed by atoms with Crippen molar-refractivity contribution < 1.29 is 51.1 Å². The third-order valence-corrected chi connectivity index (χ3v) is 12.7. The average molecular weight is 981 g/mol. The van der Waals surface area contributed by atoms with Crippen LogP contribution in [0.1, 0.15) is 50.7 Å². The molecule has 6 aromatic heterocycles. The summed E-state index contributed by atoms with van der Waals surface area (Å²) in [6.07, 6.45) is 0.753. The number of carbonyl (C=O) groups is 2. The summed E-state index contributed by atoms with van der Waals surface area (Å²) in [6, 6.07) is 8.02. The zero-order chi connectivity index (χ0) is 50.9. The number of nitrogens with two attached hydrogens (primary N) is 3. The Morgan fingerprint density at radius 3 is 1.40 bits per heavy atom. The van der Waals surface area contributed by atoms with E-state index in [-0.39, 0.29) is 104 Å². The van der Waals surface area contributed by atoms with Crippen LogP contribution in [0.15, 0.2) is 86.0 Å². The highest BCUT2D eigenvalue weighted by atomic mass is 19.4. The molecular weight excluding hydrogens is 935 g/mol. The predicted octanol–water partition coefficient (Wildman–Crippen LogP) is 5.33. The Balaban J connectivity index is 0.000000207. The van der Waals surface area contributed by atoms with Crippen LogP contribution >= 0.6 is 0 Å². The maximum Gasteiger partial charge on any atom is 0.421 e. The van der Waals surface area contributed by atoms with Crippen molar-refractivity contribution in [3.05, 3.63) is 107 Å². The van der Waals surface area contributed by atoms with Gasteiger partial charge in [-0.1, -0.05) is 12.1 Å². The van der Waals surface area contributed by atoms with Gasteiger partial charge in [0.25, 0.3) is 0 Å². The smallest absolute Gasteiger partial charge is 0.395 e. The number of hydrogen-bond donors (Lipinski definition) is 5. The number of aliphatic hydroxyl groups is 2. The van der Waals surface area contributed by atoms with E-state index in [4.69, 9.17) is 17.2 Å². The molecule has 26 heteroatoms. The molecule has 2 aliphatic heterocycles. The highest BCUT2D eigenvalue weighted by molar-refractivity contribution is 5.82. The van der Waals surface area contributed by atoms with Crippen LogP contribution in [0.5, 0.6) is 0 Å². The molecule has 8 rings (SSSR count). The predicted molar refractivity (Wildman–Crippen MR) is 239 cm³/mol. The molecular formula is C44H46F6N14O6. The molecule has 8 N–H and O–H groups in total. The van der Waals surface area contributed by atoms with E-state index in [1.165, 1.54) is 88.3 Å². The summed E-state index contributed by atoms with van der Waals surface area (Å²) in [7, 11) is 0. The van der Waals surface area contributed by atoms with Crippen molar-refractivity contribution >= 4 is 34.8 Å². The third kappa shape index (κ3) is 9.63. The summed E-state index contributed by atoms with van der Waals surface area (Å²) in [5.74, 6) is -2.40. The van der Waals surface area contributed by atoms with E-state index in [1.807, 2.05) is 0 Å². The van der Waals surface area contributed by atoms with Crippen LogP contribution in [-0.4, -0.2) is 115 Å². The molecule has 2 amide bonds. The lowest BCUT2D eigenvalue weighted by atomic mass is 9.76. The van der Waals surface area contributed by atoms with Crippen LogP contribution in [0, 0.1) is 22.0 Å². The number of hydrogen-bond acceptors (Lipinski definition) is 15. The average Bonchev–Trinajstić information content (AvgIpc) is 4.03. The van der Waals surface area contributed by atoms with Crippen LogP contribution in [0.3, 0.4) is 0 Å². The first-order valence-electron chi connectivity index (χ1n) is 21.5. The zero-order valence-electron chi connectivity index (χ0n) is 37.3. The van der Waals surface area contributed by atoms with Gasteiger partial charge in [-0.2, -0.15) is 36.5 Å². The summed E-state index contributed by atoms with van der Waals surface area (Å²) in [6.45, 7) is 3.27. The fourth-order valence-electron chi connectivity index (χ4n) is 8.79. The van der Waals surface area contributed by atoms with Crippen molar-refractivity contribution in [2.75, 3.05) is 43.4 Å². The number of nitrogen functional groups attached to an aromatic ring is 3. The molecule has 2 fully saturated rings. The molecule has 0 aliphatic carbocycles. The van der Waals surface area contributed by atoms with Crippen LogP contribution in [-0.2, 0) is 20.8 Å². The Bertz CT molecular complexity index is 2860. The number of nitrogens with zero attached hydrogens (tertiary/aromatic N) is 11. The molecule has 2 aliphatic rings. The van der Waals surface area contributed by atoms with Gasteiger partial charge in [-0.05, 0) is 49.9 Å². The number of pyridine rings is 4. The summed E-state index contributed by atoms with van der Waals surface area (Å²) in [4.78, 5) is 52.5. The van der Waals surface area contributed by atoms with Gasteiger partial charge in [0.15, 0.2) is 22.8 Å². The number of nitro groups is 1. The van der Waals surface area contributed by atoms with E-state index >= 15 is 0 Å². The molecule has 0 spiro atoms. The summed E-state index contributed by atoms with van der Waals surface area (Å²) < 4.78 is 87.4. The molecule has 8 heterocycles. The van der Waals surface area contributed by atoms with Crippen LogP contribution < -0.4 is 17.2 Å². The van der Waals surface area contributed by atoms with Gasteiger partial charge in [-0.3, -0.25) is 19.7 Å². The first kappa shape index (κ1) is 50.1. The van der Waals surface area contributed by atoms with E-state index in [1.54, 1.807) is 12.3 Å². The lowest BCUT2D eigenvalue weighted by Crippen LogP contribution is -2.52. The first-order valence-corrected chi connectivity index (χ1v) is 21.5. The lowest BCUT2D eigenvalue weighted by molar-refractivity contribution is -0.383. The molecule has 2 atom stereocenters. The van der Waals surface area contributed by atoms with Gasteiger partial charge >= 0.3 is 18.0 Å².